The highest BCUT2D eigenvalue weighted by Gasteiger charge is 2.25. The number of quaternary nitrogens is 1. The van der Waals surface area contributed by atoms with Gasteiger partial charge in [-0.15, -0.1) is 0 Å². The molecule has 2 rings (SSSR count). The maximum Gasteiger partial charge on any atom is 0.493 e. The molecule has 0 bridgehead atoms. The van der Waals surface area contributed by atoms with Crippen molar-refractivity contribution in [3.8, 4) is 0 Å². The smallest absolute Gasteiger partial charge is 0.493 e. The van der Waals surface area contributed by atoms with Gasteiger partial charge >= 0.3 is 7.12 Å². The zero-order valence-corrected chi connectivity index (χ0v) is 16.8. The first-order valence-electron chi connectivity index (χ1n) is 8.62. The van der Waals surface area contributed by atoms with Crippen molar-refractivity contribution < 1.29 is 41.0 Å². The molecule has 0 aromatic heterocycles. The Balaban J connectivity index is 0.00000312. The van der Waals surface area contributed by atoms with E-state index < -0.39 is 0 Å². The summed E-state index contributed by atoms with van der Waals surface area (Å²) in [5.41, 5.74) is 2.20. The molecule has 0 amide bonds. The average Bonchev–Trinajstić information content (AvgIpc) is 2.52. The number of nitrogens with zero attached hydrogens (tertiary/aromatic N) is 2. The van der Waals surface area contributed by atoms with Gasteiger partial charge in [-0.1, -0.05) is 24.3 Å². The van der Waals surface area contributed by atoms with Crippen LogP contribution in [0.15, 0.2) is 24.3 Å². The molecule has 1 fully saturated rings. The Kier molecular flexibility index (Phi) is 10.2. The van der Waals surface area contributed by atoms with Crippen molar-refractivity contribution in [3.63, 3.8) is 0 Å². The maximum absolute atomic E-state index is 9.26. The van der Waals surface area contributed by atoms with Crippen molar-refractivity contribution in [1.82, 2.24) is 4.90 Å². The lowest BCUT2D eigenvalue weighted by molar-refractivity contribution is -0.923. The summed E-state index contributed by atoms with van der Waals surface area (Å²) < 4.78 is 12.3. The largest absolute Gasteiger partial charge is 1.00 e. The van der Waals surface area contributed by atoms with Crippen molar-refractivity contribution in [2.45, 2.75) is 6.54 Å². The summed E-state index contributed by atoms with van der Waals surface area (Å²) in [6, 6.07) is 8.26. The highest BCUT2D eigenvalue weighted by atomic mass is 79.9. The van der Waals surface area contributed by atoms with Crippen LogP contribution in [0, 0.1) is 0 Å². The van der Waals surface area contributed by atoms with Crippen molar-refractivity contribution in [2.75, 3.05) is 66.7 Å². The number of aliphatic hydroxyl groups excluding tert-OH is 2. The van der Waals surface area contributed by atoms with Gasteiger partial charge < -0.3 is 45.9 Å². The number of hydrogen-bond acceptors (Lipinski definition) is 5. The molecule has 1 heterocycles. The van der Waals surface area contributed by atoms with E-state index in [1.807, 2.05) is 12.1 Å². The molecule has 1 aromatic carbocycles. The number of hydrogen-bond donors (Lipinski definition) is 2. The Bertz CT molecular complexity index is 476. The molecule has 25 heavy (non-hydrogen) atoms. The van der Waals surface area contributed by atoms with Crippen LogP contribution in [0.4, 0.5) is 0 Å². The van der Waals surface area contributed by atoms with Crippen LogP contribution in [0.1, 0.15) is 5.56 Å². The highest BCUT2D eigenvalue weighted by molar-refractivity contribution is 6.61. The first-order valence-corrected chi connectivity index (χ1v) is 8.62. The van der Waals surface area contributed by atoms with E-state index in [4.69, 9.17) is 9.31 Å². The van der Waals surface area contributed by atoms with E-state index in [1.165, 1.54) is 5.56 Å². The van der Waals surface area contributed by atoms with Crippen molar-refractivity contribution >= 4 is 12.6 Å². The number of rotatable bonds is 7. The lowest BCUT2D eigenvalue weighted by Gasteiger charge is -2.33. The van der Waals surface area contributed by atoms with Crippen LogP contribution in [0.2, 0.25) is 0 Å². The molecule has 0 radical (unpaired) electrons. The van der Waals surface area contributed by atoms with Gasteiger partial charge in [0.1, 0.15) is 19.6 Å². The van der Waals surface area contributed by atoms with Crippen LogP contribution in [0.5, 0.6) is 0 Å². The predicted molar refractivity (Wildman–Crippen MR) is 95.0 cm³/mol. The second-order valence-corrected chi connectivity index (χ2v) is 6.79. The zero-order chi connectivity index (χ0) is 17.4. The van der Waals surface area contributed by atoms with Gasteiger partial charge in [-0.2, -0.15) is 0 Å². The molecule has 1 aliphatic rings. The van der Waals surface area contributed by atoms with Crippen molar-refractivity contribution in [2.24, 2.45) is 0 Å². The minimum Gasteiger partial charge on any atom is -1.00 e. The van der Waals surface area contributed by atoms with Crippen molar-refractivity contribution in [1.29, 1.82) is 0 Å². The molecule has 0 atom stereocenters. The quantitative estimate of drug-likeness (QED) is 0.354. The van der Waals surface area contributed by atoms with Crippen molar-refractivity contribution in [3.05, 3.63) is 29.8 Å². The fourth-order valence-corrected chi connectivity index (χ4v) is 2.96. The fourth-order valence-electron chi connectivity index (χ4n) is 2.96. The van der Waals surface area contributed by atoms with Gasteiger partial charge in [0.2, 0.25) is 0 Å². The third-order valence-electron chi connectivity index (χ3n) is 4.58. The molecule has 6 nitrogen and oxygen atoms in total. The van der Waals surface area contributed by atoms with E-state index in [-0.39, 0.29) is 37.3 Å². The van der Waals surface area contributed by atoms with Gasteiger partial charge in [0.25, 0.3) is 0 Å². The van der Waals surface area contributed by atoms with E-state index in [0.717, 1.165) is 25.1 Å². The van der Waals surface area contributed by atoms with E-state index >= 15 is 0 Å². The fraction of sp³-hybridized carbons (Fsp3) is 0.647. The van der Waals surface area contributed by atoms with Crippen LogP contribution in [0.3, 0.4) is 0 Å². The second kappa shape index (κ2) is 11.3. The van der Waals surface area contributed by atoms with Crippen LogP contribution in [0.25, 0.3) is 0 Å². The molecule has 2 N–H and O–H groups in total. The second-order valence-electron chi connectivity index (χ2n) is 6.79. The normalized spacial score (nSPS) is 16.9. The van der Waals surface area contributed by atoms with E-state index in [1.54, 1.807) is 0 Å². The van der Waals surface area contributed by atoms with Gasteiger partial charge in [-0.3, -0.25) is 0 Å². The Hall–Kier alpha value is -0.475. The third kappa shape index (κ3) is 7.34. The summed E-state index contributed by atoms with van der Waals surface area (Å²) in [6.45, 7) is 5.41. The Labute approximate surface area is 161 Å². The average molecular weight is 417 g/mol. The molecule has 0 spiro atoms. The summed E-state index contributed by atoms with van der Waals surface area (Å²) in [7, 11) is 3.82. The molecular weight excluding hydrogens is 387 g/mol. The van der Waals surface area contributed by atoms with E-state index in [0.29, 0.717) is 30.8 Å². The van der Waals surface area contributed by atoms with Gasteiger partial charge in [-0.05, 0) is 12.5 Å². The van der Waals surface area contributed by atoms with Gasteiger partial charge in [-0.25, -0.2) is 0 Å². The highest BCUT2D eigenvalue weighted by Crippen LogP contribution is 2.11. The first kappa shape index (κ1) is 22.6. The van der Waals surface area contributed by atoms with Crippen LogP contribution < -0.4 is 22.4 Å². The van der Waals surface area contributed by atoms with Gasteiger partial charge in [0.05, 0.1) is 20.3 Å². The number of likely N-dealkylation sites (N-methyl/N-ethyl adjacent to an activating group) is 2. The van der Waals surface area contributed by atoms with Crippen LogP contribution in [-0.2, 0) is 15.9 Å². The van der Waals surface area contributed by atoms with Crippen LogP contribution >= 0.6 is 0 Å². The Morgan fingerprint density at radius 3 is 2.04 bits per heavy atom. The monoisotopic (exact) mass is 416 g/mol. The molecule has 8 heteroatoms. The molecule has 1 aromatic rings. The number of halogens is 1. The molecule has 0 saturated carbocycles. The summed E-state index contributed by atoms with van der Waals surface area (Å²) in [5, 5.41) is 18.5. The molecule has 1 saturated heterocycles. The van der Waals surface area contributed by atoms with E-state index in [9.17, 15) is 10.2 Å². The molecule has 1 aliphatic heterocycles. The summed E-state index contributed by atoms with van der Waals surface area (Å²) in [6.07, 6.45) is 0. The summed E-state index contributed by atoms with van der Waals surface area (Å²) >= 11 is 0. The topological polar surface area (TPSA) is 62.2 Å². The number of aliphatic hydroxyl groups is 2. The minimum absolute atomic E-state index is 0. The Morgan fingerprint density at radius 1 is 1.04 bits per heavy atom. The lowest BCUT2D eigenvalue weighted by Crippen LogP contribution is -3.00. The van der Waals surface area contributed by atoms with Gasteiger partial charge in [0.15, 0.2) is 0 Å². The molecule has 142 valence electrons. The summed E-state index contributed by atoms with van der Waals surface area (Å²) in [5.74, 6) is 0. The minimum atomic E-state index is -0.302. The summed E-state index contributed by atoms with van der Waals surface area (Å²) in [4.78, 5) is 2.19. The standard InChI is InChI=1S/C17H30BN2O4.BrH/c1-19-7-13-23-18(24-14-8-19)17-5-3-16(4-6-17)15-20(2,9-11-21)10-12-22;/h3-6,21-22H,7-15H2,1-2H3;1H/q+1;/p-1. The number of benzene rings is 1. The molecule has 0 aliphatic carbocycles. The zero-order valence-electron chi connectivity index (χ0n) is 15.2. The SMILES string of the molecule is CN1CCOB(c2ccc(C[N+](C)(CCO)CCO)cc2)OCC1.[Br-]. The molecular formula is C17H30BBrN2O4. The molecule has 0 unspecified atom stereocenters. The first-order chi connectivity index (χ1) is 11.6. The van der Waals surface area contributed by atoms with Crippen LogP contribution in [-0.4, -0.2) is 93.4 Å². The Morgan fingerprint density at radius 2 is 1.56 bits per heavy atom. The predicted octanol–water partition coefficient (Wildman–Crippen LogP) is -3.70. The lowest BCUT2D eigenvalue weighted by atomic mass is 9.78. The maximum atomic E-state index is 9.26. The third-order valence-corrected chi connectivity index (χ3v) is 4.58. The van der Waals surface area contributed by atoms with E-state index in [2.05, 4.69) is 31.1 Å². The van der Waals surface area contributed by atoms with Gasteiger partial charge in [0, 0.05) is 31.9 Å².